The van der Waals surface area contributed by atoms with Crippen molar-refractivity contribution < 1.29 is 14.1 Å². The number of carbonyl (C=O) groups excluding carboxylic acids is 1. The molecular weight excluding hydrogens is 260 g/mol. The quantitative estimate of drug-likeness (QED) is 0.449. The zero-order valence-electron chi connectivity index (χ0n) is 10.5. The van der Waals surface area contributed by atoms with E-state index in [0.29, 0.717) is 11.3 Å². The molecule has 0 saturated heterocycles. The molecule has 2 heterocycles. The maximum atomic E-state index is 12.4. The summed E-state index contributed by atoms with van der Waals surface area (Å²) in [4.78, 5) is 25.5. The molecule has 3 rings (SSSR count). The van der Waals surface area contributed by atoms with Crippen LogP contribution in [0.2, 0.25) is 0 Å². The molecule has 0 aliphatic heterocycles. The first-order valence-corrected chi connectivity index (χ1v) is 5.94. The van der Waals surface area contributed by atoms with Crippen LogP contribution in [0, 0.1) is 17.0 Å². The topological polar surface area (TPSA) is 89.1 Å². The minimum absolute atomic E-state index is 0.0375. The number of rotatable bonds is 3. The summed E-state index contributed by atoms with van der Waals surface area (Å²) in [6, 6.07) is 9.88. The van der Waals surface area contributed by atoms with Gasteiger partial charge in [0.1, 0.15) is 4.92 Å². The third-order valence-corrected chi connectivity index (χ3v) is 3.12. The van der Waals surface area contributed by atoms with Crippen LogP contribution in [0.4, 0.5) is 5.88 Å². The van der Waals surface area contributed by atoms with E-state index in [9.17, 15) is 14.9 Å². The number of aromatic amines is 1. The van der Waals surface area contributed by atoms with Gasteiger partial charge >= 0.3 is 5.88 Å². The zero-order chi connectivity index (χ0) is 14.3. The lowest BCUT2D eigenvalue weighted by molar-refractivity contribution is -0.402. The van der Waals surface area contributed by atoms with E-state index < -0.39 is 10.8 Å². The normalized spacial score (nSPS) is 10.8. The molecule has 3 aromatic rings. The summed E-state index contributed by atoms with van der Waals surface area (Å²) >= 11 is 0. The van der Waals surface area contributed by atoms with Crippen LogP contribution in [-0.4, -0.2) is 15.7 Å². The third kappa shape index (κ3) is 1.78. The van der Waals surface area contributed by atoms with Crippen molar-refractivity contribution in [1.82, 2.24) is 4.98 Å². The molecule has 0 aliphatic rings. The molecule has 0 atom stereocenters. The lowest BCUT2D eigenvalue weighted by atomic mass is 10.1. The Morgan fingerprint density at radius 3 is 2.70 bits per heavy atom. The number of carbonyl (C=O) groups is 1. The number of aromatic nitrogens is 1. The molecule has 100 valence electrons. The summed E-state index contributed by atoms with van der Waals surface area (Å²) in [5.41, 5.74) is 2.02. The number of nitrogens with one attached hydrogen (secondary N) is 1. The maximum absolute atomic E-state index is 12.4. The Morgan fingerprint density at radius 1 is 1.25 bits per heavy atom. The van der Waals surface area contributed by atoms with E-state index in [2.05, 4.69) is 4.98 Å². The van der Waals surface area contributed by atoms with Crippen LogP contribution < -0.4 is 0 Å². The number of nitro groups is 1. The van der Waals surface area contributed by atoms with Crippen LogP contribution in [-0.2, 0) is 0 Å². The van der Waals surface area contributed by atoms with Gasteiger partial charge in [0.25, 0.3) is 0 Å². The average molecular weight is 270 g/mol. The van der Waals surface area contributed by atoms with Gasteiger partial charge in [0.15, 0.2) is 5.76 Å². The van der Waals surface area contributed by atoms with E-state index in [4.69, 9.17) is 4.42 Å². The molecule has 20 heavy (non-hydrogen) atoms. The smallest absolute Gasteiger partial charge is 0.397 e. The molecule has 0 unspecified atom stereocenters. The fraction of sp³-hybridized carbons (Fsp3) is 0.0714. The second-order valence-electron chi connectivity index (χ2n) is 4.39. The Morgan fingerprint density at radius 2 is 2.00 bits per heavy atom. The zero-order valence-corrected chi connectivity index (χ0v) is 10.5. The molecule has 0 amide bonds. The molecule has 1 N–H and O–H groups in total. The molecule has 0 aliphatic carbocycles. The van der Waals surface area contributed by atoms with Crippen LogP contribution in [0.3, 0.4) is 0 Å². The van der Waals surface area contributed by atoms with Crippen molar-refractivity contribution in [2.45, 2.75) is 6.92 Å². The van der Waals surface area contributed by atoms with Crippen molar-refractivity contribution in [2.24, 2.45) is 0 Å². The first kappa shape index (κ1) is 12.2. The third-order valence-electron chi connectivity index (χ3n) is 3.12. The summed E-state index contributed by atoms with van der Waals surface area (Å²) in [5.74, 6) is -0.844. The predicted octanol–water partition coefficient (Wildman–Crippen LogP) is 3.21. The highest BCUT2D eigenvalue weighted by Gasteiger charge is 2.22. The molecule has 2 aromatic heterocycles. The fourth-order valence-electron chi connectivity index (χ4n) is 2.24. The number of nitrogens with zero attached hydrogens (tertiary/aromatic N) is 1. The molecule has 0 spiro atoms. The molecule has 6 nitrogen and oxygen atoms in total. The molecule has 1 aromatic carbocycles. The highest BCUT2D eigenvalue weighted by molar-refractivity contribution is 6.16. The maximum Gasteiger partial charge on any atom is 0.433 e. The van der Waals surface area contributed by atoms with Crippen molar-refractivity contribution in [3.05, 3.63) is 63.5 Å². The molecule has 6 heteroatoms. The van der Waals surface area contributed by atoms with Gasteiger partial charge < -0.3 is 9.40 Å². The van der Waals surface area contributed by atoms with Gasteiger partial charge in [-0.05, 0) is 19.1 Å². The number of para-hydroxylation sites is 1. The predicted molar refractivity (Wildman–Crippen MR) is 71.8 cm³/mol. The van der Waals surface area contributed by atoms with Crippen molar-refractivity contribution in [3.63, 3.8) is 0 Å². The molecule has 0 bridgehead atoms. The van der Waals surface area contributed by atoms with Crippen molar-refractivity contribution >= 4 is 22.6 Å². The first-order chi connectivity index (χ1) is 9.58. The second kappa shape index (κ2) is 4.34. The first-order valence-electron chi connectivity index (χ1n) is 5.94. The van der Waals surface area contributed by atoms with E-state index in [-0.39, 0.29) is 11.5 Å². The van der Waals surface area contributed by atoms with Gasteiger partial charge in [-0.1, -0.05) is 18.2 Å². The van der Waals surface area contributed by atoms with Gasteiger partial charge in [-0.2, -0.15) is 0 Å². The fourth-order valence-corrected chi connectivity index (χ4v) is 2.24. The van der Waals surface area contributed by atoms with E-state index >= 15 is 0 Å². The Bertz CT molecular complexity index is 829. The number of hydrogen-bond acceptors (Lipinski definition) is 4. The van der Waals surface area contributed by atoms with Gasteiger partial charge in [0, 0.05) is 16.6 Å². The van der Waals surface area contributed by atoms with Gasteiger partial charge in [0.05, 0.1) is 11.6 Å². The van der Waals surface area contributed by atoms with Crippen molar-refractivity contribution in [1.29, 1.82) is 0 Å². The summed E-state index contributed by atoms with van der Waals surface area (Å²) in [6.45, 7) is 1.78. The van der Waals surface area contributed by atoms with Crippen LogP contribution in [0.15, 0.2) is 40.8 Å². The van der Waals surface area contributed by atoms with Gasteiger partial charge in [-0.15, -0.1) is 0 Å². The summed E-state index contributed by atoms with van der Waals surface area (Å²) in [7, 11) is 0. The van der Waals surface area contributed by atoms with Crippen LogP contribution in [0.5, 0.6) is 0 Å². The van der Waals surface area contributed by atoms with Crippen LogP contribution in [0.25, 0.3) is 10.9 Å². The van der Waals surface area contributed by atoms with E-state index in [1.54, 1.807) is 6.92 Å². The minimum atomic E-state index is -0.668. The number of fused-ring (bicyclic) bond motifs is 1. The van der Waals surface area contributed by atoms with Crippen LogP contribution >= 0.6 is 0 Å². The summed E-state index contributed by atoms with van der Waals surface area (Å²) < 4.78 is 4.97. The molecule has 0 radical (unpaired) electrons. The number of H-pyrrole nitrogens is 1. The van der Waals surface area contributed by atoms with Gasteiger partial charge in [0.2, 0.25) is 5.78 Å². The average Bonchev–Trinajstić information content (AvgIpc) is 3.01. The number of ketones is 1. The highest BCUT2D eigenvalue weighted by Crippen LogP contribution is 2.26. The lowest BCUT2D eigenvalue weighted by Crippen LogP contribution is -2.00. The van der Waals surface area contributed by atoms with E-state index in [0.717, 1.165) is 10.9 Å². The standard InChI is InChI=1S/C14H10N2O4/c1-8-13(9-4-2-3-5-10(9)15-8)14(17)11-6-7-12(20-11)16(18)19/h2-7,15H,1H3. The van der Waals surface area contributed by atoms with E-state index in [1.807, 2.05) is 24.3 Å². The van der Waals surface area contributed by atoms with Crippen molar-refractivity contribution in [2.75, 3.05) is 0 Å². The Kier molecular flexibility index (Phi) is 2.64. The number of benzene rings is 1. The van der Waals surface area contributed by atoms with Gasteiger partial charge in [-0.3, -0.25) is 14.9 Å². The number of hydrogen-bond donors (Lipinski definition) is 1. The van der Waals surface area contributed by atoms with Crippen molar-refractivity contribution in [3.8, 4) is 0 Å². The minimum Gasteiger partial charge on any atom is -0.397 e. The molecular formula is C14H10N2O4. The number of furan rings is 1. The largest absolute Gasteiger partial charge is 0.433 e. The Labute approximate surface area is 113 Å². The summed E-state index contributed by atoms with van der Waals surface area (Å²) in [5, 5.41) is 11.4. The number of aryl methyl sites for hydroxylation is 1. The van der Waals surface area contributed by atoms with E-state index in [1.165, 1.54) is 12.1 Å². The van der Waals surface area contributed by atoms with Gasteiger partial charge in [-0.25, -0.2) is 0 Å². The molecule has 0 saturated carbocycles. The lowest BCUT2D eigenvalue weighted by Gasteiger charge is -1.97. The Balaban J connectivity index is 2.12. The summed E-state index contributed by atoms with van der Waals surface area (Å²) in [6.07, 6.45) is 0. The molecule has 0 fully saturated rings. The van der Waals surface area contributed by atoms with Crippen LogP contribution in [0.1, 0.15) is 21.8 Å². The SMILES string of the molecule is Cc1[nH]c2ccccc2c1C(=O)c1ccc([N+](=O)[O-])o1. The highest BCUT2D eigenvalue weighted by atomic mass is 16.6. The monoisotopic (exact) mass is 270 g/mol. The second-order valence-corrected chi connectivity index (χ2v) is 4.39. The Hall–Kier alpha value is -2.89.